The zero-order valence-corrected chi connectivity index (χ0v) is 18.5. The second-order valence-corrected chi connectivity index (χ2v) is 7.93. The van der Waals surface area contributed by atoms with Crippen LogP contribution in [0.3, 0.4) is 0 Å². The van der Waals surface area contributed by atoms with Crippen molar-refractivity contribution in [2.24, 2.45) is 0 Å². The average molecular weight is 476 g/mol. The van der Waals surface area contributed by atoms with Gasteiger partial charge < -0.3 is 23.9 Å². The fourth-order valence-corrected chi connectivity index (χ4v) is 3.96. The molecule has 32 heavy (non-hydrogen) atoms. The molecule has 0 radical (unpaired) electrons. The number of carboxylic acids is 1. The summed E-state index contributed by atoms with van der Waals surface area (Å²) in [5, 5.41) is 10.2. The van der Waals surface area contributed by atoms with E-state index in [-0.39, 0.29) is 5.56 Å². The van der Waals surface area contributed by atoms with Crippen molar-refractivity contribution in [1.29, 1.82) is 0 Å². The van der Waals surface area contributed by atoms with Crippen LogP contribution in [-0.4, -0.2) is 36.0 Å². The van der Waals surface area contributed by atoms with Gasteiger partial charge in [0.2, 0.25) is 6.23 Å². The highest BCUT2D eigenvalue weighted by Crippen LogP contribution is 2.45. The Balaban J connectivity index is 1.86. The molecule has 1 aliphatic heterocycles. The molecule has 3 aromatic rings. The highest BCUT2D eigenvalue weighted by Gasteiger charge is 2.30. The second-order valence-electron chi connectivity index (χ2n) is 7.11. The number of nitrogens with zero attached hydrogens (tertiary/aromatic N) is 1. The first-order chi connectivity index (χ1) is 15.4. The van der Waals surface area contributed by atoms with Gasteiger partial charge in [0, 0.05) is 54.6 Å². The van der Waals surface area contributed by atoms with Crippen LogP contribution < -0.4 is 14.9 Å². The van der Waals surface area contributed by atoms with E-state index in [2.05, 4.69) is 0 Å². The number of ether oxygens (including phenoxy) is 3. The fraction of sp³-hybridized carbons (Fsp3) is 0.217. The zero-order chi connectivity index (χ0) is 22.8. The quantitative estimate of drug-likeness (QED) is 0.490. The molecular weight excluding hydrogens is 457 g/mol. The smallest absolute Gasteiger partial charge is 0.341 e. The monoisotopic (exact) mass is 475 g/mol. The summed E-state index contributed by atoms with van der Waals surface area (Å²) in [4.78, 5) is 24.1. The number of pyridine rings is 1. The Hall–Kier alpha value is -3.00. The first-order valence-electron chi connectivity index (χ1n) is 9.77. The minimum Gasteiger partial charge on any atom is -0.492 e. The van der Waals surface area contributed by atoms with Crippen molar-refractivity contribution < 1.29 is 24.1 Å². The van der Waals surface area contributed by atoms with E-state index >= 15 is 0 Å². The van der Waals surface area contributed by atoms with Crippen molar-refractivity contribution >= 4 is 29.2 Å². The molecular formula is C23H19Cl2NO6. The number of carboxylic acid groups (broad SMARTS) is 1. The number of aromatic carboxylic acids is 1. The molecule has 4 rings (SSSR count). The number of methoxy groups -OCH3 is 1. The molecule has 0 spiro atoms. The summed E-state index contributed by atoms with van der Waals surface area (Å²) in [6, 6.07) is 11.6. The zero-order valence-electron chi connectivity index (χ0n) is 17.0. The van der Waals surface area contributed by atoms with Crippen LogP contribution in [0.2, 0.25) is 10.0 Å². The molecule has 0 aliphatic carbocycles. The highest BCUT2D eigenvalue weighted by molar-refractivity contribution is 6.32. The molecule has 0 bridgehead atoms. The molecule has 2 heterocycles. The Labute approximate surface area is 193 Å². The molecule has 0 amide bonds. The van der Waals surface area contributed by atoms with Gasteiger partial charge in [-0.3, -0.25) is 4.79 Å². The SMILES string of the molecule is COCCCOc1cc2c(cc1Cl)-c1cc(=O)c(C(=O)O)cn1C(c1ccccc1Cl)O2. The van der Waals surface area contributed by atoms with Crippen LogP contribution in [0, 0.1) is 0 Å². The van der Waals surface area contributed by atoms with Crippen LogP contribution in [-0.2, 0) is 4.74 Å². The maximum Gasteiger partial charge on any atom is 0.341 e. The first-order valence-corrected chi connectivity index (χ1v) is 10.5. The van der Waals surface area contributed by atoms with Crippen molar-refractivity contribution in [3.63, 3.8) is 0 Å². The largest absolute Gasteiger partial charge is 0.492 e. The normalized spacial score (nSPS) is 14.3. The Morgan fingerprint density at radius 2 is 1.94 bits per heavy atom. The van der Waals surface area contributed by atoms with Gasteiger partial charge >= 0.3 is 5.97 Å². The van der Waals surface area contributed by atoms with Gasteiger partial charge in [0.1, 0.15) is 17.1 Å². The molecule has 1 unspecified atom stereocenters. The topological polar surface area (TPSA) is 87.0 Å². The minimum absolute atomic E-state index is 0.335. The van der Waals surface area contributed by atoms with Crippen LogP contribution >= 0.6 is 23.2 Å². The molecule has 1 aromatic heterocycles. The van der Waals surface area contributed by atoms with Gasteiger partial charge in [0.05, 0.1) is 17.3 Å². The van der Waals surface area contributed by atoms with E-state index in [0.29, 0.717) is 58.0 Å². The maximum absolute atomic E-state index is 12.5. The molecule has 2 aromatic carbocycles. The summed E-state index contributed by atoms with van der Waals surface area (Å²) in [7, 11) is 1.61. The number of hydrogen-bond acceptors (Lipinski definition) is 5. The molecule has 9 heteroatoms. The summed E-state index contributed by atoms with van der Waals surface area (Å²) in [6.45, 7) is 0.953. The summed E-state index contributed by atoms with van der Waals surface area (Å²) in [5.74, 6) is -0.465. The molecule has 0 saturated heterocycles. The lowest BCUT2D eigenvalue weighted by atomic mass is 10.0. The number of benzene rings is 2. The van der Waals surface area contributed by atoms with Gasteiger partial charge in [-0.1, -0.05) is 41.4 Å². The van der Waals surface area contributed by atoms with Crippen molar-refractivity contribution in [3.05, 3.63) is 80.1 Å². The van der Waals surface area contributed by atoms with Crippen molar-refractivity contribution in [3.8, 4) is 22.8 Å². The van der Waals surface area contributed by atoms with E-state index in [4.69, 9.17) is 37.4 Å². The molecule has 1 aliphatic rings. The molecule has 1 N–H and O–H groups in total. The van der Waals surface area contributed by atoms with Gasteiger partial charge in [-0.05, 0) is 12.1 Å². The average Bonchev–Trinajstić information content (AvgIpc) is 2.76. The van der Waals surface area contributed by atoms with Crippen LogP contribution in [0.1, 0.15) is 28.6 Å². The van der Waals surface area contributed by atoms with Crippen LogP contribution in [0.4, 0.5) is 0 Å². The number of aromatic nitrogens is 1. The van der Waals surface area contributed by atoms with Crippen LogP contribution in [0.5, 0.6) is 11.5 Å². The summed E-state index contributed by atoms with van der Waals surface area (Å²) < 4.78 is 18.6. The summed E-state index contributed by atoms with van der Waals surface area (Å²) >= 11 is 12.8. The second kappa shape index (κ2) is 9.24. The van der Waals surface area contributed by atoms with E-state index in [9.17, 15) is 14.7 Å². The van der Waals surface area contributed by atoms with E-state index in [1.165, 1.54) is 12.3 Å². The number of halogens is 2. The van der Waals surface area contributed by atoms with Gasteiger partial charge in [0.25, 0.3) is 0 Å². The van der Waals surface area contributed by atoms with Crippen LogP contribution in [0.25, 0.3) is 11.3 Å². The lowest BCUT2D eigenvalue weighted by molar-refractivity contribution is 0.0693. The number of fused-ring (bicyclic) bond motifs is 3. The van der Waals surface area contributed by atoms with Crippen molar-refractivity contribution in [2.75, 3.05) is 20.3 Å². The predicted molar refractivity (Wildman–Crippen MR) is 120 cm³/mol. The Morgan fingerprint density at radius 3 is 2.66 bits per heavy atom. The lowest BCUT2D eigenvalue weighted by Gasteiger charge is -2.32. The molecule has 0 fully saturated rings. The van der Waals surface area contributed by atoms with Crippen molar-refractivity contribution in [1.82, 2.24) is 4.57 Å². The molecule has 166 valence electrons. The number of hydrogen-bond donors (Lipinski definition) is 1. The third kappa shape index (κ3) is 4.19. The first kappa shape index (κ1) is 22.2. The molecule has 1 atom stereocenters. The third-order valence-electron chi connectivity index (χ3n) is 5.03. The van der Waals surface area contributed by atoms with E-state index in [1.807, 2.05) is 0 Å². The van der Waals surface area contributed by atoms with Crippen LogP contribution in [0.15, 0.2) is 53.5 Å². The van der Waals surface area contributed by atoms with Crippen molar-refractivity contribution in [2.45, 2.75) is 12.6 Å². The van der Waals surface area contributed by atoms with Gasteiger partial charge in [0.15, 0.2) is 5.43 Å². The van der Waals surface area contributed by atoms with Gasteiger partial charge in [-0.15, -0.1) is 0 Å². The fourth-order valence-electron chi connectivity index (χ4n) is 3.51. The van der Waals surface area contributed by atoms with E-state index in [1.54, 1.807) is 48.1 Å². The number of carbonyl (C=O) groups is 1. The minimum atomic E-state index is -1.33. The Bertz CT molecular complexity index is 1240. The lowest BCUT2D eigenvalue weighted by Crippen LogP contribution is -2.28. The van der Waals surface area contributed by atoms with Gasteiger partial charge in [-0.2, -0.15) is 0 Å². The van der Waals surface area contributed by atoms with Gasteiger partial charge in [-0.25, -0.2) is 4.79 Å². The number of rotatable bonds is 7. The Morgan fingerprint density at radius 1 is 1.16 bits per heavy atom. The standard InChI is InChI=1S/C23H19Cl2NO6/c1-30-7-4-8-31-21-11-20-14(9-17(21)25)18-10-19(27)15(23(28)29)12-26(18)22(32-20)13-5-2-3-6-16(13)24/h2-3,5-6,9-12,22H,4,7-8H2,1H3,(H,28,29). The third-order valence-corrected chi connectivity index (χ3v) is 5.67. The Kier molecular flexibility index (Phi) is 6.41. The predicted octanol–water partition coefficient (Wildman–Crippen LogP) is 4.87. The highest BCUT2D eigenvalue weighted by atomic mass is 35.5. The molecule has 0 saturated carbocycles. The maximum atomic E-state index is 12.5. The van der Waals surface area contributed by atoms with E-state index in [0.717, 1.165) is 0 Å². The van der Waals surface area contributed by atoms with E-state index < -0.39 is 17.6 Å². The molecule has 7 nitrogen and oxygen atoms in total. The summed E-state index contributed by atoms with van der Waals surface area (Å²) in [6.07, 6.45) is 1.15. The summed E-state index contributed by atoms with van der Waals surface area (Å²) in [5.41, 5.74) is 0.613.